The minimum Gasteiger partial charge on any atom is -0.300 e. The molecule has 0 aliphatic rings. The van der Waals surface area contributed by atoms with Crippen LogP contribution in [0.3, 0.4) is 0 Å². The number of hydrogen-bond donors (Lipinski definition) is 0. The van der Waals surface area contributed by atoms with Crippen molar-refractivity contribution in [1.29, 1.82) is 0 Å². The van der Waals surface area contributed by atoms with Gasteiger partial charge in [-0.1, -0.05) is 34.9 Å². The molecule has 0 saturated carbocycles. The summed E-state index contributed by atoms with van der Waals surface area (Å²) < 4.78 is 0. The Kier molecular flexibility index (Phi) is 16.5. The number of carbonyl (C=O) groups is 1. The second-order valence-electron chi connectivity index (χ2n) is 2.14. The van der Waals surface area contributed by atoms with E-state index < -0.39 is 0 Å². The Bertz CT molecular complexity index is 82.2. The Morgan fingerprint density at radius 3 is 1.82 bits per heavy atom. The van der Waals surface area contributed by atoms with Gasteiger partial charge in [0.15, 0.2) is 0 Å². The molecule has 0 radical (unpaired) electrons. The highest BCUT2D eigenvalue weighted by molar-refractivity contribution is 8.76. The van der Waals surface area contributed by atoms with E-state index in [0.29, 0.717) is 5.78 Å². The summed E-state index contributed by atoms with van der Waals surface area (Å²) in [5.41, 5.74) is 0. The Balaban J connectivity index is 0. The zero-order valence-corrected chi connectivity index (χ0v) is 9.48. The molecule has 0 aromatic rings. The maximum absolute atomic E-state index is 10.2. The first-order valence-corrected chi connectivity index (χ1v) is 6.71. The molecule has 0 rings (SSSR count). The first kappa shape index (κ1) is 13.9. The van der Waals surface area contributed by atoms with Crippen LogP contribution in [-0.2, 0) is 4.79 Å². The van der Waals surface area contributed by atoms with E-state index in [0.717, 1.165) is 19.3 Å². The molecule has 3 heteroatoms. The molecule has 0 amide bonds. The van der Waals surface area contributed by atoms with Crippen molar-refractivity contribution in [3.05, 3.63) is 0 Å². The van der Waals surface area contributed by atoms with Crippen molar-refractivity contribution in [2.45, 2.75) is 33.1 Å². The second kappa shape index (κ2) is 13.0. The third-order valence-electron chi connectivity index (χ3n) is 1.05. The number of hydrogen-bond acceptors (Lipinski definition) is 3. The van der Waals surface area contributed by atoms with E-state index in [2.05, 4.69) is 19.4 Å². The fourth-order valence-corrected chi connectivity index (χ4v) is 0.426. The normalized spacial score (nSPS) is 8.36. The molecule has 0 bridgehead atoms. The third kappa shape index (κ3) is 25.2. The van der Waals surface area contributed by atoms with E-state index in [1.165, 1.54) is 0 Å². The lowest BCUT2D eigenvalue weighted by molar-refractivity contribution is -0.117. The van der Waals surface area contributed by atoms with Crippen molar-refractivity contribution in [3.8, 4) is 0 Å². The molecule has 0 aromatic heterocycles. The van der Waals surface area contributed by atoms with Crippen LogP contribution in [-0.4, -0.2) is 18.3 Å². The molecule has 0 saturated heterocycles. The minimum atomic E-state index is 0.307. The van der Waals surface area contributed by atoms with E-state index in [4.69, 9.17) is 0 Å². The molecule has 0 N–H and O–H groups in total. The van der Waals surface area contributed by atoms with Crippen molar-refractivity contribution in [2.75, 3.05) is 12.5 Å². The largest absolute Gasteiger partial charge is 0.300 e. The van der Waals surface area contributed by atoms with Gasteiger partial charge in [0.1, 0.15) is 5.78 Å². The predicted octanol–water partition coefficient (Wildman–Crippen LogP) is 3.39. The Hall–Kier alpha value is 0.370. The molecule has 11 heavy (non-hydrogen) atoms. The van der Waals surface area contributed by atoms with E-state index in [1.807, 2.05) is 0 Å². The number of unbranched alkanes of at least 4 members (excludes halogenated alkanes) is 1. The van der Waals surface area contributed by atoms with Crippen LogP contribution in [0.5, 0.6) is 0 Å². The highest BCUT2D eigenvalue weighted by Crippen LogP contribution is 2.09. The summed E-state index contributed by atoms with van der Waals surface area (Å²) in [5.74, 6) is 0.307. The zero-order chi connectivity index (χ0) is 9.11. The smallest absolute Gasteiger partial charge is 0.129 e. The fourth-order valence-electron chi connectivity index (χ4n) is 0.426. The van der Waals surface area contributed by atoms with Crippen LogP contribution >= 0.6 is 21.6 Å². The molecule has 68 valence electrons. The molecule has 0 unspecified atom stereocenters. The maximum atomic E-state index is 10.2. The maximum Gasteiger partial charge on any atom is 0.129 e. The van der Waals surface area contributed by atoms with Gasteiger partial charge >= 0.3 is 0 Å². The van der Waals surface area contributed by atoms with Gasteiger partial charge in [-0.2, -0.15) is 0 Å². The van der Waals surface area contributed by atoms with Crippen LogP contribution in [0.4, 0.5) is 0 Å². The molecule has 0 spiro atoms. The van der Waals surface area contributed by atoms with E-state index in [-0.39, 0.29) is 0 Å². The van der Waals surface area contributed by atoms with Crippen molar-refractivity contribution < 1.29 is 4.79 Å². The van der Waals surface area contributed by atoms with Crippen molar-refractivity contribution >= 4 is 27.4 Å². The first-order valence-electron chi connectivity index (χ1n) is 3.75. The lowest BCUT2D eigenvalue weighted by Gasteiger charge is -1.86. The third-order valence-corrected chi connectivity index (χ3v) is 2.38. The molecule has 0 aliphatic carbocycles. The Morgan fingerprint density at radius 2 is 1.73 bits per heavy atom. The summed E-state index contributed by atoms with van der Waals surface area (Å²) in [4.78, 5) is 10.2. The summed E-state index contributed by atoms with van der Waals surface area (Å²) in [6.45, 7) is 3.72. The monoisotopic (exact) mass is 194 g/mol. The molecule has 0 atom stereocenters. The topological polar surface area (TPSA) is 17.1 Å². The van der Waals surface area contributed by atoms with Gasteiger partial charge in [-0.3, -0.25) is 0 Å². The van der Waals surface area contributed by atoms with Gasteiger partial charge in [-0.15, -0.1) is 0 Å². The Labute approximate surface area is 78.1 Å². The average Bonchev–Trinajstić information content (AvgIpc) is 2.01. The van der Waals surface area contributed by atoms with Gasteiger partial charge in [0.2, 0.25) is 0 Å². The summed E-state index contributed by atoms with van der Waals surface area (Å²) in [7, 11) is 3.55. The van der Waals surface area contributed by atoms with Gasteiger partial charge in [0.25, 0.3) is 0 Å². The second-order valence-corrected chi connectivity index (χ2v) is 4.81. The van der Waals surface area contributed by atoms with Crippen molar-refractivity contribution in [3.63, 3.8) is 0 Å². The predicted molar refractivity (Wildman–Crippen MR) is 57.2 cm³/mol. The summed E-state index contributed by atoms with van der Waals surface area (Å²) in [6.07, 6.45) is 7.06. The summed E-state index contributed by atoms with van der Waals surface area (Å²) >= 11 is 0. The molecular formula is C8H18OS2. The Morgan fingerprint density at radius 1 is 1.27 bits per heavy atom. The lowest BCUT2D eigenvalue weighted by Crippen LogP contribution is -1.86. The number of ketones is 1. The van der Waals surface area contributed by atoms with Crippen molar-refractivity contribution in [2.24, 2.45) is 0 Å². The van der Waals surface area contributed by atoms with Crippen LogP contribution in [0.1, 0.15) is 33.1 Å². The standard InChI is InChI=1S/C6H12O.C2H6S2/c1-3-4-5-6(2)7;1-3-4-2/h3-5H2,1-2H3;1-2H3. The van der Waals surface area contributed by atoms with Gasteiger partial charge < -0.3 is 4.79 Å². The zero-order valence-electron chi connectivity index (χ0n) is 7.85. The highest BCUT2D eigenvalue weighted by atomic mass is 33.1. The fraction of sp³-hybridized carbons (Fsp3) is 0.875. The van der Waals surface area contributed by atoms with Gasteiger partial charge in [-0.25, -0.2) is 0 Å². The molecule has 0 fully saturated rings. The van der Waals surface area contributed by atoms with Gasteiger partial charge in [0, 0.05) is 6.42 Å². The summed E-state index contributed by atoms with van der Waals surface area (Å²) in [5, 5.41) is 0. The van der Waals surface area contributed by atoms with Crippen LogP contribution in [0.25, 0.3) is 0 Å². The van der Waals surface area contributed by atoms with Crippen LogP contribution in [0, 0.1) is 0 Å². The van der Waals surface area contributed by atoms with Gasteiger partial charge in [0.05, 0.1) is 0 Å². The van der Waals surface area contributed by atoms with Crippen LogP contribution in [0.15, 0.2) is 0 Å². The lowest BCUT2D eigenvalue weighted by atomic mass is 10.2. The van der Waals surface area contributed by atoms with E-state index in [1.54, 1.807) is 28.5 Å². The van der Waals surface area contributed by atoms with E-state index >= 15 is 0 Å². The number of Topliss-reactive ketones (excluding diaryl/α,β-unsaturated/α-hetero) is 1. The van der Waals surface area contributed by atoms with Crippen molar-refractivity contribution in [1.82, 2.24) is 0 Å². The SMILES string of the molecule is CCCCC(C)=O.CSSC. The molecule has 0 aromatic carbocycles. The van der Waals surface area contributed by atoms with Gasteiger partial charge in [-0.05, 0) is 25.9 Å². The first-order chi connectivity index (χ1) is 5.18. The number of rotatable bonds is 4. The van der Waals surface area contributed by atoms with Crippen LogP contribution < -0.4 is 0 Å². The summed E-state index contributed by atoms with van der Waals surface area (Å²) in [6, 6.07) is 0. The minimum absolute atomic E-state index is 0.307. The molecule has 0 aliphatic heterocycles. The average molecular weight is 194 g/mol. The van der Waals surface area contributed by atoms with E-state index in [9.17, 15) is 4.79 Å². The molecule has 1 nitrogen and oxygen atoms in total. The highest BCUT2D eigenvalue weighted by Gasteiger charge is 1.87. The molecular weight excluding hydrogens is 176 g/mol. The quantitative estimate of drug-likeness (QED) is 0.639. The molecule has 0 heterocycles. The van der Waals surface area contributed by atoms with Crippen LogP contribution in [0.2, 0.25) is 0 Å². The number of carbonyl (C=O) groups excluding carboxylic acids is 1.